The van der Waals surface area contributed by atoms with Crippen molar-refractivity contribution in [2.75, 3.05) is 13.2 Å². The Hall–Kier alpha value is -2.79. The van der Waals surface area contributed by atoms with Crippen molar-refractivity contribution in [3.8, 4) is 0 Å². The Morgan fingerprint density at radius 2 is 2.21 bits per heavy atom. The maximum atomic E-state index is 12.7. The van der Waals surface area contributed by atoms with Crippen LogP contribution in [0, 0.1) is 11.8 Å². The predicted molar refractivity (Wildman–Crippen MR) is 125 cm³/mol. The largest absolute Gasteiger partial charge is 0.477 e. The number of hydrogen-bond donors (Lipinski definition) is 2. The van der Waals surface area contributed by atoms with E-state index in [0.29, 0.717) is 30.8 Å². The average molecular weight is 491 g/mol. The summed E-state index contributed by atoms with van der Waals surface area (Å²) in [5, 5.41) is 24.1. The third-order valence-corrected chi connectivity index (χ3v) is 8.28. The van der Waals surface area contributed by atoms with Crippen molar-refractivity contribution in [2.45, 2.75) is 56.7 Å². The highest BCUT2D eigenvalue weighted by Crippen LogP contribution is 2.52. The van der Waals surface area contributed by atoms with E-state index in [1.54, 1.807) is 18.0 Å². The minimum absolute atomic E-state index is 0.00479. The van der Waals surface area contributed by atoms with Gasteiger partial charge in [-0.15, -0.1) is 11.8 Å². The molecule has 1 aromatic heterocycles. The van der Waals surface area contributed by atoms with E-state index in [1.165, 1.54) is 22.7 Å². The zero-order valence-electron chi connectivity index (χ0n) is 19.2. The molecule has 184 valence electrons. The topological polar surface area (TPSA) is 125 Å². The van der Waals surface area contributed by atoms with Crippen LogP contribution in [0.4, 0.5) is 4.79 Å². The summed E-state index contributed by atoms with van der Waals surface area (Å²) in [7, 11) is 0. The van der Waals surface area contributed by atoms with Crippen LogP contribution in [-0.2, 0) is 20.9 Å². The lowest BCUT2D eigenvalue weighted by Crippen LogP contribution is -2.63. The summed E-state index contributed by atoms with van der Waals surface area (Å²) in [6, 6.07) is 1.40. The molecule has 0 radical (unpaired) electrons. The Morgan fingerprint density at radius 1 is 1.44 bits per heavy atom. The Morgan fingerprint density at radius 3 is 2.82 bits per heavy atom. The third kappa shape index (κ3) is 4.34. The first-order valence-corrected chi connectivity index (χ1v) is 12.3. The number of carboxylic acid groups (broad SMARTS) is 1. The maximum Gasteiger partial charge on any atom is 0.410 e. The maximum absolute atomic E-state index is 12.7. The molecule has 6 atom stereocenters. The van der Waals surface area contributed by atoms with Crippen molar-refractivity contribution in [2.24, 2.45) is 11.8 Å². The molecule has 0 spiro atoms. The molecule has 4 heterocycles. The average Bonchev–Trinajstić information content (AvgIpc) is 3.49. The summed E-state index contributed by atoms with van der Waals surface area (Å²) in [6.07, 6.45) is 5.17. The van der Waals surface area contributed by atoms with E-state index in [9.17, 15) is 24.6 Å². The summed E-state index contributed by atoms with van der Waals surface area (Å²) < 4.78 is 7.10. The van der Waals surface area contributed by atoms with Gasteiger partial charge in [0.05, 0.1) is 18.1 Å². The van der Waals surface area contributed by atoms with E-state index in [-0.39, 0.29) is 41.5 Å². The second kappa shape index (κ2) is 9.83. The van der Waals surface area contributed by atoms with Crippen molar-refractivity contribution in [1.29, 1.82) is 0 Å². The van der Waals surface area contributed by atoms with Gasteiger partial charge in [0.1, 0.15) is 12.3 Å². The van der Waals surface area contributed by atoms with Gasteiger partial charge in [0.25, 0.3) is 0 Å². The summed E-state index contributed by atoms with van der Waals surface area (Å²) >= 11 is 1.43. The summed E-state index contributed by atoms with van der Waals surface area (Å²) in [5.74, 6) is -2.31. The van der Waals surface area contributed by atoms with Gasteiger partial charge in [0, 0.05) is 47.6 Å². The number of hydrogen-bond acceptors (Lipinski definition) is 7. The van der Waals surface area contributed by atoms with E-state index in [2.05, 4.69) is 11.7 Å². The number of β-lactam (4-membered cyclic amide) rings is 1. The summed E-state index contributed by atoms with van der Waals surface area (Å²) in [4.78, 5) is 41.1. The number of carbonyl (C=O) groups excluding carboxylic acids is 2. The number of carboxylic acids is 1. The van der Waals surface area contributed by atoms with Crippen LogP contribution < -0.4 is 0 Å². The zero-order valence-corrected chi connectivity index (χ0v) is 20.1. The first-order chi connectivity index (χ1) is 16.2. The van der Waals surface area contributed by atoms with Crippen LogP contribution in [0.25, 0.3) is 0 Å². The first-order valence-electron chi connectivity index (χ1n) is 11.4. The SMILES string of the molecule is C=CCOC(=O)N1C[C@@H](SC2=C(C(=O)O)N3C(=O)[C@H]([C@@H](C)O)[C@H]3[C@H]2C)C[C@@H]1CCn1cccn1. The fraction of sp³-hybridized carbons (Fsp3) is 0.565. The van der Waals surface area contributed by atoms with Crippen molar-refractivity contribution < 1.29 is 29.3 Å². The Kier molecular flexibility index (Phi) is 7.04. The van der Waals surface area contributed by atoms with Gasteiger partial charge >= 0.3 is 12.1 Å². The van der Waals surface area contributed by atoms with Crippen LogP contribution >= 0.6 is 11.8 Å². The normalized spacial score (nSPS) is 29.1. The van der Waals surface area contributed by atoms with Gasteiger partial charge in [-0.25, -0.2) is 9.59 Å². The van der Waals surface area contributed by atoms with E-state index >= 15 is 0 Å². The number of nitrogens with zero attached hydrogens (tertiary/aromatic N) is 4. The van der Waals surface area contributed by atoms with E-state index in [4.69, 9.17) is 4.74 Å². The highest BCUT2D eigenvalue weighted by molar-refractivity contribution is 8.03. The lowest BCUT2D eigenvalue weighted by Gasteiger charge is -2.46. The van der Waals surface area contributed by atoms with Crippen molar-refractivity contribution in [1.82, 2.24) is 19.6 Å². The molecule has 0 unspecified atom stereocenters. The lowest BCUT2D eigenvalue weighted by molar-refractivity contribution is -0.163. The van der Waals surface area contributed by atoms with Crippen molar-refractivity contribution in [3.63, 3.8) is 0 Å². The highest BCUT2D eigenvalue weighted by atomic mass is 32.2. The molecule has 2 amide bonds. The molecule has 4 rings (SSSR count). The molecule has 0 saturated carbocycles. The number of carbonyl (C=O) groups is 3. The van der Waals surface area contributed by atoms with Crippen LogP contribution in [0.5, 0.6) is 0 Å². The van der Waals surface area contributed by atoms with Gasteiger partial charge in [-0.2, -0.15) is 5.10 Å². The monoisotopic (exact) mass is 490 g/mol. The number of rotatable bonds is 9. The minimum Gasteiger partial charge on any atom is -0.477 e. The molecular weight excluding hydrogens is 460 g/mol. The van der Waals surface area contributed by atoms with Gasteiger partial charge in [0.15, 0.2) is 0 Å². The van der Waals surface area contributed by atoms with Gasteiger partial charge in [0.2, 0.25) is 5.91 Å². The molecule has 2 N–H and O–H groups in total. The third-order valence-electron chi connectivity index (χ3n) is 6.79. The number of ether oxygens (including phenoxy) is 1. The zero-order chi connectivity index (χ0) is 24.6. The number of aromatic nitrogens is 2. The molecule has 0 aromatic carbocycles. The molecular formula is C23H30N4O6S. The van der Waals surface area contributed by atoms with Crippen LogP contribution in [0.2, 0.25) is 0 Å². The summed E-state index contributed by atoms with van der Waals surface area (Å²) in [5.41, 5.74) is 0.00479. The van der Waals surface area contributed by atoms with Gasteiger partial charge in [-0.05, 0) is 25.8 Å². The van der Waals surface area contributed by atoms with Crippen LogP contribution in [0.3, 0.4) is 0 Å². The van der Waals surface area contributed by atoms with Gasteiger partial charge in [-0.3, -0.25) is 9.48 Å². The molecule has 2 fully saturated rings. The Labute approximate surface area is 202 Å². The predicted octanol–water partition coefficient (Wildman–Crippen LogP) is 1.93. The number of fused-ring (bicyclic) bond motifs is 1. The fourth-order valence-corrected chi connectivity index (χ4v) is 6.81. The molecule has 0 aliphatic carbocycles. The Balaban J connectivity index is 1.52. The van der Waals surface area contributed by atoms with E-state index in [1.807, 2.05) is 23.9 Å². The standard InChI is InChI=1S/C23H30N4O6S/c1-4-10-33-23(32)26-12-16(11-15(26)6-9-25-8-5-7-24-25)34-20-13(2)18-17(14(3)28)21(29)27(18)19(20)22(30)31/h4-5,7-8,13-18,28H,1,6,9-12H2,2-3H3,(H,30,31)/t13-,14-,15+,16+,17-,18-/m1/s1. The second-order valence-corrected chi connectivity index (χ2v) is 10.3. The molecule has 3 aliphatic heterocycles. The van der Waals surface area contributed by atoms with Crippen molar-refractivity contribution in [3.05, 3.63) is 41.7 Å². The minimum atomic E-state index is -1.15. The number of aryl methyl sites for hydroxylation is 1. The number of aliphatic hydroxyl groups excluding tert-OH is 1. The van der Waals surface area contributed by atoms with Gasteiger partial charge in [-0.1, -0.05) is 19.6 Å². The lowest BCUT2D eigenvalue weighted by atomic mass is 9.79. The fourth-order valence-electron chi connectivity index (χ4n) is 5.24. The quantitative estimate of drug-likeness (QED) is 0.397. The first kappa shape index (κ1) is 24.3. The van der Waals surface area contributed by atoms with Crippen molar-refractivity contribution >= 4 is 29.7 Å². The summed E-state index contributed by atoms with van der Waals surface area (Å²) in [6.45, 7) is 8.21. The molecule has 1 aromatic rings. The van der Waals surface area contributed by atoms with Crippen LogP contribution in [0.15, 0.2) is 41.7 Å². The van der Waals surface area contributed by atoms with Crippen LogP contribution in [-0.4, -0.2) is 84.4 Å². The Bertz CT molecular complexity index is 994. The number of amides is 2. The number of aliphatic carboxylic acids is 1. The number of likely N-dealkylation sites (tertiary alicyclic amines) is 1. The number of thioether (sulfide) groups is 1. The molecule has 0 bridgehead atoms. The van der Waals surface area contributed by atoms with E-state index in [0.717, 1.165) is 0 Å². The van der Waals surface area contributed by atoms with E-state index < -0.39 is 24.1 Å². The molecule has 3 aliphatic rings. The van der Waals surface area contributed by atoms with Crippen LogP contribution in [0.1, 0.15) is 26.7 Å². The molecule has 34 heavy (non-hydrogen) atoms. The second-order valence-electron chi connectivity index (χ2n) is 8.98. The number of aliphatic hydroxyl groups is 1. The molecule has 2 saturated heterocycles. The van der Waals surface area contributed by atoms with Gasteiger partial charge < -0.3 is 24.7 Å². The molecule has 11 heteroatoms. The highest BCUT2D eigenvalue weighted by Gasteiger charge is 2.60. The smallest absolute Gasteiger partial charge is 0.410 e. The molecule has 10 nitrogen and oxygen atoms in total.